The van der Waals surface area contributed by atoms with E-state index in [1.54, 1.807) is 29.2 Å². The smallest absolute Gasteiger partial charge is 0.246 e. The van der Waals surface area contributed by atoms with Crippen molar-refractivity contribution in [3.63, 3.8) is 0 Å². The average molecular weight is 555 g/mol. The fourth-order valence-corrected chi connectivity index (χ4v) is 7.66. The van der Waals surface area contributed by atoms with E-state index in [4.69, 9.17) is 16.3 Å². The number of anilines is 1. The number of benzene rings is 1. The molecule has 210 valence electrons. The molecule has 1 aromatic rings. The highest BCUT2D eigenvalue weighted by Crippen LogP contribution is 2.55. The number of hydrogen-bond donors (Lipinski definition) is 2. The number of nitrogens with zero attached hydrogens (tertiary/aromatic N) is 2. The number of carbonyl (C=O) groups excluding carboxylic acids is 3. The second-order valence-electron chi connectivity index (χ2n) is 11.8. The molecule has 1 spiro atoms. The van der Waals surface area contributed by atoms with E-state index in [1.165, 1.54) is 25.7 Å². The molecule has 3 saturated heterocycles. The Balaban J connectivity index is 1.24. The van der Waals surface area contributed by atoms with Gasteiger partial charge < -0.3 is 25.2 Å². The van der Waals surface area contributed by atoms with Gasteiger partial charge >= 0.3 is 0 Å². The molecule has 5 aliphatic rings. The van der Waals surface area contributed by atoms with Crippen molar-refractivity contribution in [1.82, 2.24) is 15.1 Å². The second-order valence-corrected chi connectivity index (χ2v) is 12.3. The Bertz CT molecular complexity index is 1130. The largest absolute Gasteiger partial charge is 0.359 e. The fourth-order valence-electron chi connectivity index (χ4n) is 7.47. The Labute approximate surface area is 235 Å². The van der Waals surface area contributed by atoms with Gasteiger partial charge in [-0.3, -0.25) is 14.4 Å². The molecule has 3 amide bonds. The summed E-state index contributed by atoms with van der Waals surface area (Å²) in [5, 5.41) is 6.71. The van der Waals surface area contributed by atoms with Gasteiger partial charge in [-0.15, -0.1) is 0 Å². The molecule has 8 nitrogen and oxygen atoms in total. The van der Waals surface area contributed by atoms with E-state index in [1.807, 2.05) is 12.2 Å². The maximum Gasteiger partial charge on any atom is 0.246 e. The van der Waals surface area contributed by atoms with E-state index >= 15 is 0 Å². The first kappa shape index (κ1) is 26.8. The van der Waals surface area contributed by atoms with Gasteiger partial charge in [0.15, 0.2) is 0 Å². The van der Waals surface area contributed by atoms with Crippen LogP contribution in [0.3, 0.4) is 0 Å². The van der Waals surface area contributed by atoms with Crippen LogP contribution in [0.15, 0.2) is 36.4 Å². The zero-order valence-electron chi connectivity index (χ0n) is 22.4. The molecule has 4 heterocycles. The van der Waals surface area contributed by atoms with Gasteiger partial charge in [0, 0.05) is 23.3 Å². The summed E-state index contributed by atoms with van der Waals surface area (Å²) in [6.45, 7) is 3.55. The lowest BCUT2D eigenvalue weighted by atomic mass is 9.74. The molecule has 0 unspecified atom stereocenters. The van der Waals surface area contributed by atoms with Gasteiger partial charge in [-0.1, -0.05) is 55.5 Å². The van der Waals surface area contributed by atoms with Gasteiger partial charge in [-0.05, 0) is 69.9 Å². The van der Waals surface area contributed by atoms with Crippen LogP contribution in [0.5, 0.6) is 0 Å². The second kappa shape index (κ2) is 11.2. The van der Waals surface area contributed by atoms with Crippen molar-refractivity contribution in [3.8, 4) is 0 Å². The van der Waals surface area contributed by atoms with Crippen LogP contribution >= 0.6 is 11.6 Å². The van der Waals surface area contributed by atoms with E-state index in [0.717, 1.165) is 51.7 Å². The van der Waals surface area contributed by atoms with Crippen LogP contribution in [0.25, 0.3) is 0 Å². The molecule has 0 radical (unpaired) electrons. The monoisotopic (exact) mass is 554 g/mol. The van der Waals surface area contributed by atoms with Crippen LogP contribution in [0.1, 0.15) is 57.8 Å². The SMILES string of the molecule is O=C(Nc1cccc(Cl)c1)[C@@H]1[C@@H]2C=C[C@]3(O2)[C@@H]1C(=O)N(CCCN1CCCCC1)[C@H]3C(=O)NC1CCCCC1. The molecule has 1 aliphatic carbocycles. The molecule has 39 heavy (non-hydrogen) atoms. The predicted octanol–water partition coefficient (Wildman–Crippen LogP) is 3.75. The van der Waals surface area contributed by atoms with Crippen LogP contribution in [0.4, 0.5) is 5.69 Å². The molecule has 1 aromatic carbocycles. The summed E-state index contributed by atoms with van der Waals surface area (Å²) in [5.74, 6) is -2.04. The first-order valence-electron chi connectivity index (χ1n) is 14.7. The summed E-state index contributed by atoms with van der Waals surface area (Å²) >= 11 is 6.12. The molecule has 6 rings (SSSR count). The summed E-state index contributed by atoms with van der Waals surface area (Å²) in [7, 11) is 0. The van der Waals surface area contributed by atoms with Gasteiger partial charge in [0.2, 0.25) is 17.7 Å². The Morgan fingerprint density at radius 2 is 1.79 bits per heavy atom. The third kappa shape index (κ3) is 5.11. The molecule has 4 aliphatic heterocycles. The summed E-state index contributed by atoms with van der Waals surface area (Å²) in [4.78, 5) is 45.8. The van der Waals surface area contributed by atoms with Crippen molar-refractivity contribution >= 4 is 35.0 Å². The lowest BCUT2D eigenvalue weighted by Gasteiger charge is -2.34. The van der Waals surface area contributed by atoms with E-state index in [9.17, 15) is 14.4 Å². The third-order valence-electron chi connectivity index (χ3n) is 9.29. The molecular weight excluding hydrogens is 516 g/mol. The fraction of sp³-hybridized carbons (Fsp3) is 0.633. The normalized spacial score (nSPS) is 32.4. The number of rotatable bonds is 8. The van der Waals surface area contributed by atoms with E-state index in [0.29, 0.717) is 17.3 Å². The summed E-state index contributed by atoms with van der Waals surface area (Å²) < 4.78 is 6.47. The molecule has 2 N–H and O–H groups in total. The van der Waals surface area contributed by atoms with Crippen LogP contribution in [-0.2, 0) is 19.1 Å². The molecular formula is C30H39ClN4O4. The van der Waals surface area contributed by atoms with Crippen LogP contribution < -0.4 is 10.6 Å². The Kier molecular flexibility index (Phi) is 7.71. The highest BCUT2D eigenvalue weighted by Gasteiger charge is 2.72. The number of amides is 3. The predicted molar refractivity (Wildman–Crippen MR) is 149 cm³/mol. The number of fused-ring (bicyclic) bond motifs is 1. The Morgan fingerprint density at radius 1 is 1.03 bits per heavy atom. The van der Waals surface area contributed by atoms with E-state index in [2.05, 4.69) is 15.5 Å². The number of nitrogens with one attached hydrogen (secondary N) is 2. The lowest BCUT2D eigenvalue weighted by Crippen LogP contribution is -2.56. The average Bonchev–Trinajstić information content (AvgIpc) is 3.57. The van der Waals surface area contributed by atoms with Gasteiger partial charge in [0.25, 0.3) is 0 Å². The maximum absolute atomic E-state index is 14.1. The van der Waals surface area contributed by atoms with Crippen molar-refractivity contribution in [2.75, 3.05) is 31.5 Å². The zero-order valence-corrected chi connectivity index (χ0v) is 23.2. The van der Waals surface area contributed by atoms with E-state index in [-0.39, 0.29) is 23.8 Å². The standard InChI is InChI=1S/C30H39ClN4O4/c31-20-9-7-12-22(19-20)33-27(36)24-23-13-14-30(39-23)25(24)29(38)35(18-8-17-34-15-5-2-6-16-34)26(30)28(37)32-21-10-3-1-4-11-21/h7,9,12-14,19,21,23-26H,1-6,8,10-11,15-18H2,(H,32,37)(H,33,36)/t23-,24+,25-,26-,30-/m0/s1. The molecule has 9 heteroatoms. The van der Waals surface area contributed by atoms with E-state index < -0.39 is 29.6 Å². The summed E-state index contributed by atoms with van der Waals surface area (Å²) in [6, 6.07) is 6.32. The number of ether oxygens (including phenoxy) is 1. The molecule has 4 fully saturated rings. The Morgan fingerprint density at radius 3 is 2.56 bits per heavy atom. The van der Waals surface area contributed by atoms with Crippen molar-refractivity contribution in [3.05, 3.63) is 41.4 Å². The minimum atomic E-state index is -1.12. The number of likely N-dealkylation sites (tertiary alicyclic amines) is 2. The molecule has 0 aromatic heterocycles. The molecule has 5 atom stereocenters. The number of hydrogen-bond acceptors (Lipinski definition) is 5. The number of carbonyl (C=O) groups is 3. The third-order valence-corrected chi connectivity index (χ3v) is 9.53. The zero-order chi connectivity index (χ0) is 27.0. The Hall–Kier alpha value is -2.42. The van der Waals surface area contributed by atoms with Crippen molar-refractivity contribution in [2.24, 2.45) is 11.8 Å². The summed E-state index contributed by atoms with van der Waals surface area (Å²) in [6.07, 6.45) is 13.0. The van der Waals surface area contributed by atoms with Crippen molar-refractivity contribution in [1.29, 1.82) is 0 Å². The van der Waals surface area contributed by atoms with Crippen LogP contribution in [0.2, 0.25) is 5.02 Å². The van der Waals surface area contributed by atoms with Gasteiger partial charge in [0.1, 0.15) is 11.6 Å². The van der Waals surface area contributed by atoms with Gasteiger partial charge in [0.05, 0.1) is 17.9 Å². The lowest BCUT2D eigenvalue weighted by molar-refractivity contribution is -0.141. The van der Waals surface area contributed by atoms with Gasteiger partial charge in [-0.25, -0.2) is 0 Å². The topological polar surface area (TPSA) is 91.0 Å². The first-order chi connectivity index (χ1) is 19.0. The van der Waals surface area contributed by atoms with Crippen LogP contribution in [-0.4, -0.2) is 77.5 Å². The highest BCUT2D eigenvalue weighted by atomic mass is 35.5. The number of halogens is 1. The van der Waals surface area contributed by atoms with Crippen LogP contribution in [0, 0.1) is 11.8 Å². The quantitative estimate of drug-likeness (QED) is 0.478. The summed E-state index contributed by atoms with van der Waals surface area (Å²) in [5.41, 5.74) is -0.550. The van der Waals surface area contributed by atoms with Gasteiger partial charge in [-0.2, -0.15) is 0 Å². The molecule has 2 bridgehead atoms. The molecule has 1 saturated carbocycles. The first-order valence-corrected chi connectivity index (χ1v) is 15.1. The highest BCUT2D eigenvalue weighted by molar-refractivity contribution is 6.30. The van der Waals surface area contributed by atoms with Crippen molar-refractivity contribution < 1.29 is 19.1 Å². The maximum atomic E-state index is 14.1. The minimum absolute atomic E-state index is 0.122. The minimum Gasteiger partial charge on any atom is -0.359 e. The number of piperidine rings is 1. The van der Waals surface area contributed by atoms with Crippen molar-refractivity contribution in [2.45, 2.75) is 81.6 Å².